The minimum absolute atomic E-state index is 0.127. The molecule has 1 aromatic rings. The molecule has 0 spiro atoms. The molecule has 1 aliphatic rings. The second kappa shape index (κ2) is 8.54. The van der Waals surface area contributed by atoms with E-state index >= 15 is 0 Å². The van der Waals surface area contributed by atoms with Gasteiger partial charge in [0.1, 0.15) is 0 Å². The van der Waals surface area contributed by atoms with Gasteiger partial charge in [0.25, 0.3) is 5.91 Å². The fourth-order valence-corrected chi connectivity index (χ4v) is 2.67. The number of amides is 3. The number of ether oxygens (including phenoxy) is 1. The Bertz CT molecular complexity index is 600. The van der Waals surface area contributed by atoms with Gasteiger partial charge in [-0.3, -0.25) is 9.59 Å². The summed E-state index contributed by atoms with van der Waals surface area (Å²) in [7, 11) is 0. The number of benzene rings is 1. The third kappa shape index (κ3) is 5.42. The van der Waals surface area contributed by atoms with Gasteiger partial charge in [-0.05, 0) is 30.5 Å². The van der Waals surface area contributed by atoms with Crippen LogP contribution in [-0.2, 0) is 14.3 Å². The lowest BCUT2D eigenvalue weighted by molar-refractivity contribution is -0.152. The zero-order chi connectivity index (χ0) is 17.5. The number of esters is 1. The van der Waals surface area contributed by atoms with Crippen molar-refractivity contribution in [2.45, 2.75) is 25.3 Å². The number of nitrogens with two attached hydrogens (primary N) is 1. The number of rotatable bonds is 6. The largest absolute Gasteiger partial charge is 0.455 e. The topological polar surface area (TPSA) is 102 Å². The first-order chi connectivity index (χ1) is 11.5. The summed E-state index contributed by atoms with van der Waals surface area (Å²) >= 11 is 5.83. The third-order valence-electron chi connectivity index (χ3n) is 3.78. The van der Waals surface area contributed by atoms with E-state index in [2.05, 4.69) is 5.32 Å². The van der Waals surface area contributed by atoms with Gasteiger partial charge in [-0.1, -0.05) is 23.7 Å². The van der Waals surface area contributed by atoms with Gasteiger partial charge in [0.05, 0.1) is 12.5 Å². The monoisotopic (exact) mass is 353 g/mol. The lowest BCUT2D eigenvalue weighted by Gasteiger charge is -2.18. The van der Waals surface area contributed by atoms with E-state index in [0.29, 0.717) is 23.7 Å². The quantitative estimate of drug-likeness (QED) is 0.758. The second-order valence-electron chi connectivity index (χ2n) is 5.57. The fourth-order valence-electron chi connectivity index (χ4n) is 2.54. The highest BCUT2D eigenvalue weighted by molar-refractivity contribution is 6.30. The molecule has 8 heteroatoms. The van der Waals surface area contributed by atoms with Crippen molar-refractivity contribution in [3.8, 4) is 0 Å². The highest BCUT2D eigenvalue weighted by atomic mass is 35.5. The van der Waals surface area contributed by atoms with Crippen molar-refractivity contribution in [3.05, 3.63) is 34.9 Å². The van der Waals surface area contributed by atoms with Crippen LogP contribution in [0.1, 0.15) is 30.9 Å². The summed E-state index contributed by atoms with van der Waals surface area (Å²) in [6.07, 6.45) is 1.82. The molecule has 1 aliphatic heterocycles. The number of nitrogens with one attached hydrogen (secondary N) is 1. The van der Waals surface area contributed by atoms with Crippen LogP contribution >= 0.6 is 11.6 Å². The number of likely N-dealkylation sites (tertiary alicyclic amines) is 1. The van der Waals surface area contributed by atoms with Gasteiger partial charge < -0.3 is 20.7 Å². The first-order valence-corrected chi connectivity index (χ1v) is 8.08. The molecule has 0 aliphatic carbocycles. The maximum Gasteiger partial charge on any atom is 0.312 e. The average Bonchev–Trinajstić information content (AvgIpc) is 3.07. The molecule has 1 atom stereocenters. The molecule has 0 saturated carbocycles. The molecule has 3 N–H and O–H groups in total. The number of urea groups is 1. The van der Waals surface area contributed by atoms with E-state index in [1.54, 1.807) is 29.2 Å². The van der Waals surface area contributed by atoms with Crippen molar-refractivity contribution in [1.82, 2.24) is 10.2 Å². The van der Waals surface area contributed by atoms with Crippen LogP contribution < -0.4 is 11.1 Å². The van der Waals surface area contributed by atoms with E-state index in [-0.39, 0.29) is 18.9 Å². The number of primary amides is 1. The van der Waals surface area contributed by atoms with E-state index in [1.807, 2.05) is 0 Å². The van der Waals surface area contributed by atoms with Gasteiger partial charge in [0.2, 0.25) is 0 Å². The number of halogens is 1. The number of carbonyl (C=O) groups is 3. The molecule has 7 nitrogen and oxygen atoms in total. The smallest absolute Gasteiger partial charge is 0.312 e. The van der Waals surface area contributed by atoms with E-state index in [1.165, 1.54) is 0 Å². The van der Waals surface area contributed by atoms with Crippen molar-refractivity contribution in [2.75, 3.05) is 19.7 Å². The molecule has 3 amide bonds. The summed E-state index contributed by atoms with van der Waals surface area (Å²) in [6.45, 7) is 1.11. The molecule has 0 radical (unpaired) electrons. The minimum Gasteiger partial charge on any atom is -0.455 e. The van der Waals surface area contributed by atoms with Crippen LogP contribution in [0.25, 0.3) is 0 Å². The lowest BCUT2D eigenvalue weighted by Crippen LogP contribution is -2.35. The van der Waals surface area contributed by atoms with Crippen molar-refractivity contribution in [3.63, 3.8) is 0 Å². The predicted molar refractivity (Wildman–Crippen MR) is 88.3 cm³/mol. The van der Waals surface area contributed by atoms with Crippen LogP contribution in [-0.4, -0.2) is 42.5 Å². The van der Waals surface area contributed by atoms with Crippen molar-refractivity contribution >= 4 is 29.5 Å². The molecule has 130 valence electrons. The van der Waals surface area contributed by atoms with Crippen LogP contribution in [0.5, 0.6) is 0 Å². The van der Waals surface area contributed by atoms with E-state index in [4.69, 9.17) is 22.1 Å². The molecule has 0 bridgehead atoms. The molecule has 0 unspecified atom stereocenters. The van der Waals surface area contributed by atoms with Crippen LogP contribution in [0.3, 0.4) is 0 Å². The summed E-state index contributed by atoms with van der Waals surface area (Å²) in [5, 5.41) is 3.03. The van der Waals surface area contributed by atoms with E-state index in [9.17, 15) is 14.4 Å². The number of carbonyl (C=O) groups excluding carboxylic acids is 3. The standard InChI is InChI=1S/C16H20ClN3O4/c17-12-5-3-11(4-6-12)13(19-16(18)23)9-15(22)24-10-14(21)20-7-1-2-8-20/h3-6,13H,1-2,7-10H2,(H3,18,19,23)/t13-/m0/s1. The Hall–Kier alpha value is -2.28. The Morgan fingerprint density at radius 1 is 1.21 bits per heavy atom. The van der Waals surface area contributed by atoms with Crippen LogP contribution in [0.2, 0.25) is 5.02 Å². The number of hydrogen-bond acceptors (Lipinski definition) is 4. The molecule has 1 saturated heterocycles. The summed E-state index contributed by atoms with van der Waals surface area (Å²) in [5.74, 6) is -0.789. The zero-order valence-corrected chi connectivity index (χ0v) is 13.9. The van der Waals surface area contributed by atoms with Crippen LogP contribution in [0.4, 0.5) is 4.79 Å². The van der Waals surface area contributed by atoms with Gasteiger partial charge in [-0.25, -0.2) is 4.79 Å². The Morgan fingerprint density at radius 3 is 2.42 bits per heavy atom. The van der Waals surface area contributed by atoms with Crippen LogP contribution in [0, 0.1) is 0 Å². The maximum absolute atomic E-state index is 12.0. The van der Waals surface area contributed by atoms with Crippen LogP contribution in [0.15, 0.2) is 24.3 Å². The predicted octanol–water partition coefficient (Wildman–Crippen LogP) is 1.61. The van der Waals surface area contributed by atoms with E-state index in [0.717, 1.165) is 12.8 Å². The highest BCUT2D eigenvalue weighted by Gasteiger charge is 2.22. The molecular formula is C16H20ClN3O4. The summed E-state index contributed by atoms with van der Waals surface area (Å²) in [5.41, 5.74) is 5.82. The molecule has 1 aromatic carbocycles. The molecule has 0 aromatic heterocycles. The first kappa shape index (κ1) is 18.1. The van der Waals surface area contributed by atoms with Crippen molar-refractivity contribution in [1.29, 1.82) is 0 Å². The van der Waals surface area contributed by atoms with Gasteiger partial charge in [0.15, 0.2) is 6.61 Å². The highest BCUT2D eigenvalue weighted by Crippen LogP contribution is 2.20. The third-order valence-corrected chi connectivity index (χ3v) is 4.03. The molecule has 1 heterocycles. The van der Waals surface area contributed by atoms with E-state index < -0.39 is 18.0 Å². The Balaban J connectivity index is 1.90. The molecule has 1 fully saturated rings. The fraction of sp³-hybridized carbons (Fsp3) is 0.438. The molecular weight excluding hydrogens is 334 g/mol. The number of nitrogens with zero attached hydrogens (tertiary/aromatic N) is 1. The Labute approximate surface area is 145 Å². The normalized spacial score (nSPS) is 15.0. The Morgan fingerprint density at radius 2 is 1.83 bits per heavy atom. The summed E-state index contributed by atoms with van der Waals surface area (Å²) in [4.78, 5) is 36.7. The minimum atomic E-state index is -0.754. The van der Waals surface area contributed by atoms with Crippen molar-refractivity contribution in [2.24, 2.45) is 5.73 Å². The molecule has 2 rings (SSSR count). The van der Waals surface area contributed by atoms with Gasteiger partial charge >= 0.3 is 12.0 Å². The summed E-state index contributed by atoms with van der Waals surface area (Å²) in [6, 6.07) is 5.27. The van der Waals surface area contributed by atoms with Gasteiger partial charge in [-0.2, -0.15) is 0 Å². The van der Waals surface area contributed by atoms with Gasteiger partial charge in [0, 0.05) is 18.1 Å². The van der Waals surface area contributed by atoms with Gasteiger partial charge in [-0.15, -0.1) is 0 Å². The zero-order valence-electron chi connectivity index (χ0n) is 13.2. The Kier molecular flexibility index (Phi) is 6.43. The van der Waals surface area contributed by atoms with Crippen molar-refractivity contribution < 1.29 is 19.1 Å². The molecule has 24 heavy (non-hydrogen) atoms. The summed E-state index contributed by atoms with van der Waals surface area (Å²) < 4.78 is 5.03. The SMILES string of the molecule is NC(=O)N[C@@H](CC(=O)OCC(=O)N1CCCC1)c1ccc(Cl)cc1. The first-order valence-electron chi connectivity index (χ1n) is 7.70. The maximum atomic E-state index is 12.0. The number of hydrogen-bond donors (Lipinski definition) is 2. The lowest BCUT2D eigenvalue weighted by atomic mass is 10.0. The average molecular weight is 354 g/mol. The second-order valence-corrected chi connectivity index (χ2v) is 6.00.